The summed E-state index contributed by atoms with van der Waals surface area (Å²) >= 11 is 0. The van der Waals surface area contributed by atoms with Crippen molar-refractivity contribution >= 4 is 11.8 Å². The number of halogens is 1. The molecule has 0 spiro atoms. The first-order chi connectivity index (χ1) is 13.5. The summed E-state index contributed by atoms with van der Waals surface area (Å²) in [6, 6.07) is 14.7. The number of hydrogen-bond donors (Lipinski definition) is 1. The molecule has 0 bridgehead atoms. The summed E-state index contributed by atoms with van der Waals surface area (Å²) in [4.78, 5) is 26.4. The average molecular weight is 382 g/mol. The van der Waals surface area contributed by atoms with Crippen LogP contribution in [0.3, 0.4) is 0 Å². The van der Waals surface area contributed by atoms with Crippen molar-refractivity contribution in [1.29, 1.82) is 0 Å². The van der Waals surface area contributed by atoms with Crippen LogP contribution in [0.15, 0.2) is 48.5 Å². The molecule has 3 rings (SSSR count). The number of carbonyl (C=O) groups excluding carboxylic acids is 2. The smallest absolute Gasteiger partial charge is 0.224 e. The second-order valence-corrected chi connectivity index (χ2v) is 7.52. The van der Waals surface area contributed by atoms with Gasteiger partial charge in [0.25, 0.3) is 0 Å². The summed E-state index contributed by atoms with van der Waals surface area (Å²) in [5, 5.41) is 3.01. The third-order valence-corrected chi connectivity index (χ3v) is 5.20. The molecule has 4 nitrogen and oxygen atoms in total. The minimum absolute atomic E-state index is 0.000600. The largest absolute Gasteiger partial charge is 0.356 e. The number of likely N-dealkylation sites (tertiary alicyclic amines) is 1. The molecule has 5 heteroatoms. The van der Waals surface area contributed by atoms with Gasteiger partial charge in [0.05, 0.1) is 5.92 Å². The van der Waals surface area contributed by atoms with E-state index in [0.717, 1.165) is 18.4 Å². The molecule has 2 amide bonds. The van der Waals surface area contributed by atoms with Gasteiger partial charge in [-0.25, -0.2) is 4.39 Å². The maximum Gasteiger partial charge on any atom is 0.224 e. The highest BCUT2D eigenvalue weighted by molar-refractivity contribution is 5.83. The Morgan fingerprint density at radius 2 is 1.96 bits per heavy atom. The maximum atomic E-state index is 13.4. The van der Waals surface area contributed by atoms with Crippen molar-refractivity contribution in [3.05, 3.63) is 71.0 Å². The van der Waals surface area contributed by atoms with Gasteiger partial charge in [-0.2, -0.15) is 0 Å². The van der Waals surface area contributed by atoms with Crippen LogP contribution in [0.5, 0.6) is 0 Å². The molecular formula is C23H27FN2O2. The first-order valence-electron chi connectivity index (χ1n) is 9.87. The number of benzene rings is 2. The summed E-state index contributed by atoms with van der Waals surface area (Å²) in [7, 11) is 0. The highest BCUT2D eigenvalue weighted by Crippen LogP contribution is 2.20. The molecule has 148 valence electrons. The van der Waals surface area contributed by atoms with Crippen LogP contribution in [0.2, 0.25) is 0 Å². The lowest BCUT2D eigenvalue weighted by Crippen LogP contribution is -2.45. The zero-order chi connectivity index (χ0) is 19.9. The van der Waals surface area contributed by atoms with Crippen molar-refractivity contribution in [3.8, 4) is 0 Å². The van der Waals surface area contributed by atoms with Gasteiger partial charge in [0.15, 0.2) is 0 Å². The fourth-order valence-electron chi connectivity index (χ4n) is 3.54. The van der Waals surface area contributed by atoms with Crippen LogP contribution >= 0.6 is 0 Å². The van der Waals surface area contributed by atoms with E-state index in [-0.39, 0.29) is 23.5 Å². The molecule has 1 aliphatic rings. The summed E-state index contributed by atoms with van der Waals surface area (Å²) in [6.45, 7) is 3.42. The zero-order valence-electron chi connectivity index (χ0n) is 16.3. The van der Waals surface area contributed by atoms with Crippen LogP contribution in [-0.4, -0.2) is 29.8 Å². The van der Waals surface area contributed by atoms with Crippen LogP contribution in [0, 0.1) is 18.7 Å². The lowest BCUT2D eigenvalue weighted by molar-refractivity contribution is -0.138. The Balaban J connectivity index is 1.45. The van der Waals surface area contributed by atoms with E-state index in [1.54, 1.807) is 17.0 Å². The summed E-state index contributed by atoms with van der Waals surface area (Å²) in [5.41, 5.74) is 3.25. The fourth-order valence-corrected chi connectivity index (χ4v) is 3.54. The number of piperidine rings is 1. The molecule has 1 N–H and O–H groups in total. The third-order valence-electron chi connectivity index (χ3n) is 5.20. The Morgan fingerprint density at radius 3 is 2.71 bits per heavy atom. The van der Waals surface area contributed by atoms with Gasteiger partial charge in [0.2, 0.25) is 11.8 Å². The van der Waals surface area contributed by atoms with Crippen LogP contribution in [0.1, 0.15) is 36.0 Å². The number of rotatable bonds is 7. The summed E-state index contributed by atoms with van der Waals surface area (Å²) < 4.78 is 13.4. The number of amides is 2. The zero-order valence-corrected chi connectivity index (χ0v) is 16.3. The van der Waals surface area contributed by atoms with E-state index in [2.05, 4.69) is 36.5 Å². The van der Waals surface area contributed by atoms with Gasteiger partial charge in [0, 0.05) is 26.1 Å². The van der Waals surface area contributed by atoms with Crippen molar-refractivity contribution in [1.82, 2.24) is 10.2 Å². The Bertz CT molecular complexity index is 820. The molecule has 0 aromatic heterocycles. The number of carbonyl (C=O) groups is 2. The van der Waals surface area contributed by atoms with Crippen LogP contribution < -0.4 is 5.32 Å². The predicted octanol–water partition coefficient (Wildman–Crippen LogP) is 3.62. The normalized spacial score (nSPS) is 16.9. The van der Waals surface area contributed by atoms with E-state index in [1.165, 1.54) is 23.3 Å². The molecular weight excluding hydrogens is 355 g/mol. The van der Waals surface area contributed by atoms with Crippen molar-refractivity contribution in [2.75, 3.05) is 13.1 Å². The Hall–Kier alpha value is -2.69. The Morgan fingerprint density at radius 1 is 1.18 bits per heavy atom. The SMILES string of the molecule is Cc1ccc(CCCNC(=O)[C@@H]2CCC(=O)N(Cc3cccc(F)c3)C2)cc1. The average Bonchev–Trinajstić information content (AvgIpc) is 2.68. The third kappa shape index (κ3) is 5.65. The second-order valence-electron chi connectivity index (χ2n) is 7.52. The van der Waals surface area contributed by atoms with Crippen molar-refractivity contribution in [2.45, 2.75) is 39.2 Å². The van der Waals surface area contributed by atoms with Crippen LogP contribution in [0.25, 0.3) is 0 Å². The first-order valence-corrected chi connectivity index (χ1v) is 9.87. The van der Waals surface area contributed by atoms with Gasteiger partial charge in [-0.3, -0.25) is 9.59 Å². The second kappa shape index (κ2) is 9.49. The van der Waals surface area contributed by atoms with Crippen molar-refractivity contribution in [3.63, 3.8) is 0 Å². The van der Waals surface area contributed by atoms with Crippen molar-refractivity contribution in [2.24, 2.45) is 5.92 Å². The molecule has 2 aromatic rings. The lowest BCUT2D eigenvalue weighted by Gasteiger charge is -2.32. The van der Waals surface area contributed by atoms with Gasteiger partial charge in [-0.15, -0.1) is 0 Å². The molecule has 0 aliphatic carbocycles. The molecule has 0 unspecified atom stereocenters. The standard InChI is InChI=1S/C23H27FN2O2/c1-17-7-9-18(10-8-17)5-3-13-25-23(28)20-11-12-22(27)26(16-20)15-19-4-2-6-21(24)14-19/h2,4,6-10,14,20H,3,5,11-13,15-16H2,1H3,(H,25,28)/t20-/m1/s1. The molecule has 1 aliphatic heterocycles. The summed E-state index contributed by atoms with van der Waals surface area (Å²) in [5.74, 6) is -0.496. The summed E-state index contributed by atoms with van der Waals surface area (Å²) in [6.07, 6.45) is 2.74. The minimum atomic E-state index is -0.315. The van der Waals surface area contributed by atoms with E-state index in [9.17, 15) is 14.0 Å². The molecule has 0 saturated carbocycles. The van der Waals surface area contributed by atoms with Gasteiger partial charge in [0.1, 0.15) is 5.82 Å². The van der Waals surface area contributed by atoms with Crippen molar-refractivity contribution < 1.29 is 14.0 Å². The van der Waals surface area contributed by atoms with Gasteiger partial charge in [-0.1, -0.05) is 42.0 Å². The molecule has 1 atom stereocenters. The number of aryl methyl sites for hydroxylation is 2. The topological polar surface area (TPSA) is 49.4 Å². The molecule has 1 fully saturated rings. The molecule has 28 heavy (non-hydrogen) atoms. The van der Waals surface area contributed by atoms with E-state index in [4.69, 9.17) is 0 Å². The van der Waals surface area contributed by atoms with Gasteiger partial charge >= 0.3 is 0 Å². The van der Waals surface area contributed by atoms with Crippen LogP contribution in [0.4, 0.5) is 4.39 Å². The Labute approximate surface area is 165 Å². The van der Waals surface area contributed by atoms with E-state index < -0.39 is 0 Å². The number of nitrogens with zero attached hydrogens (tertiary/aromatic N) is 1. The molecule has 1 heterocycles. The quantitative estimate of drug-likeness (QED) is 0.744. The fraction of sp³-hybridized carbons (Fsp3) is 0.391. The highest BCUT2D eigenvalue weighted by Gasteiger charge is 2.30. The molecule has 1 saturated heterocycles. The van der Waals surface area contributed by atoms with Gasteiger partial charge < -0.3 is 10.2 Å². The maximum absolute atomic E-state index is 13.4. The predicted molar refractivity (Wildman–Crippen MR) is 107 cm³/mol. The van der Waals surface area contributed by atoms with E-state index in [1.807, 2.05) is 0 Å². The minimum Gasteiger partial charge on any atom is -0.356 e. The molecule has 2 aromatic carbocycles. The Kier molecular flexibility index (Phi) is 6.80. The first kappa shape index (κ1) is 20.1. The van der Waals surface area contributed by atoms with Crippen LogP contribution in [-0.2, 0) is 22.6 Å². The lowest BCUT2D eigenvalue weighted by atomic mass is 9.96. The number of hydrogen-bond acceptors (Lipinski definition) is 2. The van der Waals surface area contributed by atoms with E-state index in [0.29, 0.717) is 32.5 Å². The van der Waals surface area contributed by atoms with E-state index >= 15 is 0 Å². The van der Waals surface area contributed by atoms with Gasteiger partial charge in [-0.05, 0) is 49.4 Å². The monoisotopic (exact) mass is 382 g/mol. The number of nitrogens with one attached hydrogen (secondary N) is 1. The molecule has 0 radical (unpaired) electrons. The highest BCUT2D eigenvalue weighted by atomic mass is 19.1.